The maximum absolute atomic E-state index is 13.5. The van der Waals surface area contributed by atoms with Crippen molar-refractivity contribution in [1.82, 2.24) is 5.32 Å². The molecule has 0 saturated heterocycles. The van der Waals surface area contributed by atoms with E-state index in [9.17, 15) is 13.6 Å². The van der Waals surface area contributed by atoms with E-state index in [2.05, 4.69) is 5.32 Å². The summed E-state index contributed by atoms with van der Waals surface area (Å²) in [6.45, 7) is 1.89. The van der Waals surface area contributed by atoms with Gasteiger partial charge in [0.05, 0.1) is 6.54 Å². The Morgan fingerprint density at radius 1 is 1.35 bits per heavy atom. The number of furan rings is 1. The van der Waals surface area contributed by atoms with E-state index in [-0.39, 0.29) is 17.9 Å². The first kappa shape index (κ1) is 14.2. The van der Waals surface area contributed by atoms with Crippen LogP contribution in [0.2, 0.25) is 0 Å². The number of rotatable bonds is 5. The minimum atomic E-state index is -1.15. The molecule has 1 unspecified atom stereocenters. The molecular weight excluding hydrogens is 268 g/mol. The molecule has 6 heteroatoms. The maximum Gasteiger partial charge on any atom is 0.371 e. The topological polar surface area (TPSA) is 62.5 Å². The van der Waals surface area contributed by atoms with Crippen LogP contribution in [0.15, 0.2) is 34.7 Å². The summed E-state index contributed by atoms with van der Waals surface area (Å²) in [7, 11) is 0. The van der Waals surface area contributed by atoms with Gasteiger partial charge < -0.3 is 14.8 Å². The van der Waals surface area contributed by atoms with Crippen LogP contribution in [0.4, 0.5) is 8.78 Å². The Morgan fingerprint density at radius 3 is 2.75 bits per heavy atom. The molecule has 1 aromatic carbocycles. The summed E-state index contributed by atoms with van der Waals surface area (Å²) in [4.78, 5) is 10.7. The molecule has 0 aliphatic rings. The third-order valence-electron chi connectivity index (χ3n) is 2.88. The summed E-state index contributed by atoms with van der Waals surface area (Å²) in [5.41, 5.74) is 0.204. The number of nitrogens with one attached hydrogen (secondary N) is 1. The Morgan fingerprint density at radius 2 is 2.10 bits per heavy atom. The molecule has 2 aromatic rings. The molecule has 0 fully saturated rings. The van der Waals surface area contributed by atoms with Gasteiger partial charge in [0.1, 0.15) is 17.4 Å². The highest BCUT2D eigenvalue weighted by molar-refractivity contribution is 5.84. The normalized spacial score (nSPS) is 12.3. The molecule has 4 nitrogen and oxygen atoms in total. The maximum atomic E-state index is 13.5. The van der Waals surface area contributed by atoms with Crippen LogP contribution in [0, 0.1) is 11.6 Å². The molecule has 1 heterocycles. The lowest BCUT2D eigenvalue weighted by molar-refractivity contribution is 0.0660. The van der Waals surface area contributed by atoms with Crippen LogP contribution < -0.4 is 5.32 Å². The Bertz CT molecular complexity index is 625. The number of hydrogen-bond donors (Lipinski definition) is 2. The molecular formula is C14H13F2NO3. The van der Waals surface area contributed by atoms with Gasteiger partial charge in [-0.05, 0) is 37.3 Å². The van der Waals surface area contributed by atoms with E-state index in [0.29, 0.717) is 5.76 Å². The summed E-state index contributed by atoms with van der Waals surface area (Å²) >= 11 is 0. The highest BCUT2D eigenvalue weighted by Gasteiger charge is 2.13. The first-order chi connectivity index (χ1) is 9.47. The van der Waals surface area contributed by atoms with Gasteiger partial charge in [0.2, 0.25) is 5.76 Å². The van der Waals surface area contributed by atoms with Crippen molar-refractivity contribution in [2.75, 3.05) is 0 Å². The lowest BCUT2D eigenvalue weighted by Crippen LogP contribution is -2.19. The zero-order valence-corrected chi connectivity index (χ0v) is 10.7. The second-order valence-electron chi connectivity index (χ2n) is 4.34. The summed E-state index contributed by atoms with van der Waals surface area (Å²) in [6.07, 6.45) is 0. The van der Waals surface area contributed by atoms with Crippen molar-refractivity contribution in [1.29, 1.82) is 0 Å². The zero-order chi connectivity index (χ0) is 14.7. The Balaban J connectivity index is 2.02. The van der Waals surface area contributed by atoms with E-state index in [1.807, 2.05) is 0 Å². The fraction of sp³-hybridized carbons (Fsp3) is 0.214. The molecule has 0 amide bonds. The number of hydrogen-bond acceptors (Lipinski definition) is 3. The quantitative estimate of drug-likeness (QED) is 0.884. The van der Waals surface area contributed by atoms with Crippen molar-refractivity contribution in [3.63, 3.8) is 0 Å². The monoisotopic (exact) mass is 281 g/mol. The Kier molecular flexibility index (Phi) is 4.14. The minimum absolute atomic E-state index is 0.161. The van der Waals surface area contributed by atoms with E-state index in [1.54, 1.807) is 6.92 Å². The number of benzene rings is 1. The van der Waals surface area contributed by atoms with Gasteiger partial charge in [0, 0.05) is 11.6 Å². The molecule has 1 atom stereocenters. The summed E-state index contributed by atoms with van der Waals surface area (Å²) < 4.78 is 31.7. The van der Waals surface area contributed by atoms with Crippen LogP contribution in [0.25, 0.3) is 0 Å². The van der Waals surface area contributed by atoms with Crippen LogP contribution >= 0.6 is 0 Å². The lowest BCUT2D eigenvalue weighted by Gasteiger charge is -2.14. The third kappa shape index (κ3) is 3.21. The second kappa shape index (κ2) is 5.83. The van der Waals surface area contributed by atoms with Crippen molar-refractivity contribution in [3.05, 3.63) is 59.1 Å². The zero-order valence-electron chi connectivity index (χ0n) is 10.7. The van der Waals surface area contributed by atoms with Crippen LogP contribution in [-0.4, -0.2) is 11.1 Å². The van der Waals surface area contributed by atoms with Crippen LogP contribution in [0.1, 0.15) is 34.8 Å². The van der Waals surface area contributed by atoms with Crippen LogP contribution in [-0.2, 0) is 6.54 Å². The van der Waals surface area contributed by atoms with E-state index < -0.39 is 23.6 Å². The van der Waals surface area contributed by atoms with E-state index in [4.69, 9.17) is 9.52 Å². The highest BCUT2D eigenvalue weighted by atomic mass is 19.1. The summed E-state index contributed by atoms with van der Waals surface area (Å²) in [5.74, 6) is -1.92. The van der Waals surface area contributed by atoms with Gasteiger partial charge in [-0.25, -0.2) is 13.6 Å². The molecule has 106 valence electrons. The Labute approximate surface area is 114 Å². The molecule has 0 radical (unpaired) electrons. The molecule has 0 aliphatic heterocycles. The first-order valence-corrected chi connectivity index (χ1v) is 5.97. The number of carboxylic acids is 1. The van der Waals surface area contributed by atoms with E-state index in [1.165, 1.54) is 12.1 Å². The van der Waals surface area contributed by atoms with Gasteiger partial charge in [0.25, 0.3) is 0 Å². The molecule has 2 rings (SSSR count). The first-order valence-electron chi connectivity index (χ1n) is 5.97. The molecule has 0 spiro atoms. The number of halogens is 2. The minimum Gasteiger partial charge on any atom is -0.475 e. The molecule has 2 N–H and O–H groups in total. The van der Waals surface area contributed by atoms with Crippen molar-refractivity contribution in [3.8, 4) is 0 Å². The van der Waals surface area contributed by atoms with E-state index >= 15 is 0 Å². The predicted octanol–water partition coefficient (Wildman–Crippen LogP) is 3.11. The second-order valence-corrected chi connectivity index (χ2v) is 4.34. The average molecular weight is 281 g/mol. The number of carboxylic acid groups (broad SMARTS) is 1. The van der Waals surface area contributed by atoms with E-state index in [0.717, 1.165) is 18.2 Å². The molecule has 20 heavy (non-hydrogen) atoms. The third-order valence-corrected chi connectivity index (χ3v) is 2.88. The molecule has 0 aliphatic carbocycles. The number of aromatic carboxylic acids is 1. The number of carbonyl (C=O) groups is 1. The Hall–Kier alpha value is -2.21. The predicted molar refractivity (Wildman–Crippen MR) is 67.3 cm³/mol. The molecule has 0 saturated carbocycles. The highest BCUT2D eigenvalue weighted by Crippen LogP contribution is 2.18. The molecule has 0 bridgehead atoms. The van der Waals surface area contributed by atoms with Gasteiger partial charge >= 0.3 is 5.97 Å². The average Bonchev–Trinajstić information content (AvgIpc) is 2.88. The fourth-order valence-corrected chi connectivity index (χ4v) is 1.80. The van der Waals surface area contributed by atoms with Crippen LogP contribution in [0.5, 0.6) is 0 Å². The standard InChI is InChI=1S/C14H13F2NO3/c1-8(11-6-9(15)2-4-12(11)16)17-7-10-3-5-13(20-10)14(18)19/h2-6,8,17H,7H2,1H3,(H,18,19). The largest absolute Gasteiger partial charge is 0.475 e. The smallest absolute Gasteiger partial charge is 0.371 e. The van der Waals surface area contributed by atoms with Crippen molar-refractivity contribution >= 4 is 5.97 Å². The molecule has 1 aromatic heterocycles. The van der Waals surface area contributed by atoms with Crippen molar-refractivity contribution in [2.24, 2.45) is 0 Å². The van der Waals surface area contributed by atoms with Crippen molar-refractivity contribution < 1.29 is 23.1 Å². The van der Waals surface area contributed by atoms with Gasteiger partial charge in [-0.1, -0.05) is 0 Å². The summed E-state index contributed by atoms with van der Waals surface area (Å²) in [5, 5.41) is 11.7. The van der Waals surface area contributed by atoms with Gasteiger partial charge in [-0.3, -0.25) is 0 Å². The van der Waals surface area contributed by atoms with Gasteiger partial charge in [-0.15, -0.1) is 0 Å². The van der Waals surface area contributed by atoms with Gasteiger partial charge in [0.15, 0.2) is 0 Å². The summed E-state index contributed by atoms with van der Waals surface area (Å²) in [6, 6.07) is 5.66. The van der Waals surface area contributed by atoms with Gasteiger partial charge in [-0.2, -0.15) is 0 Å². The van der Waals surface area contributed by atoms with Crippen molar-refractivity contribution in [2.45, 2.75) is 19.5 Å². The lowest BCUT2D eigenvalue weighted by atomic mass is 10.1. The fourth-order valence-electron chi connectivity index (χ4n) is 1.80. The van der Waals surface area contributed by atoms with Crippen LogP contribution in [0.3, 0.4) is 0 Å². The SMILES string of the molecule is CC(NCc1ccc(C(=O)O)o1)c1cc(F)ccc1F.